The number of rotatable bonds is 8. The van der Waals surface area contributed by atoms with Crippen molar-refractivity contribution in [2.24, 2.45) is 5.92 Å². The molecule has 0 spiro atoms. The number of benzene rings is 1. The number of hydrogen-bond donors (Lipinski definition) is 1. The van der Waals surface area contributed by atoms with Crippen LogP contribution in [-0.4, -0.2) is 38.2 Å². The molecule has 1 aromatic carbocycles. The molecule has 0 unspecified atom stereocenters. The Morgan fingerprint density at radius 1 is 1.19 bits per heavy atom. The fourth-order valence-electron chi connectivity index (χ4n) is 2.96. The minimum absolute atomic E-state index is 0.698. The van der Waals surface area contributed by atoms with E-state index in [4.69, 9.17) is 4.74 Å². The lowest BCUT2D eigenvalue weighted by Gasteiger charge is -2.30. The first kappa shape index (κ1) is 16.5. The smallest absolute Gasteiger partial charge is 0.0716 e. The number of nitrogens with one attached hydrogen (secondary N) is 1. The molecule has 1 fully saturated rings. The molecule has 0 radical (unpaired) electrons. The Labute approximate surface area is 129 Å². The standard InChI is InChI=1S/C18H30N2O/c1-16-8-12-20(13-9-16)11-5-10-19-14-17-6-3-4-7-18(17)15-21-2/h3-4,6-7,16,19H,5,8-15H2,1-2H3. The molecule has 1 N–H and O–H groups in total. The maximum Gasteiger partial charge on any atom is 0.0716 e. The van der Waals surface area contributed by atoms with Gasteiger partial charge in [0.05, 0.1) is 6.61 Å². The summed E-state index contributed by atoms with van der Waals surface area (Å²) in [6, 6.07) is 8.52. The zero-order valence-electron chi connectivity index (χ0n) is 13.6. The number of hydrogen-bond acceptors (Lipinski definition) is 3. The van der Waals surface area contributed by atoms with Crippen molar-refractivity contribution in [1.29, 1.82) is 0 Å². The Balaban J connectivity index is 1.61. The van der Waals surface area contributed by atoms with Gasteiger partial charge in [0.15, 0.2) is 0 Å². The second kappa shape index (κ2) is 9.19. The Bertz CT molecular complexity index is 400. The lowest BCUT2D eigenvalue weighted by molar-refractivity contribution is 0.184. The topological polar surface area (TPSA) is 24.5 Å². The van der Waals surface area contributed by atoms with E-state index in [2.05, 4.69) is 41.4 Å². The van der Waals surface area contributed by atoms with Crippen LogP contribution in [-0.2, 0) is 17.9 Å². The Morgan fingerprint density at radius 3 is 2.62 bits per heavy atom. The molecule has 0 saturated carbocycles. The van der Waals surface area contributed by atoms with Crippen LogP contribution < -0.4 is 5.32 Å². The van der Waals surface area contributed by atoms with Crippen LogP contribution in [0.2, 0.25) is 0 Å². The molecule has 3 heteroatoms. The summed E-state index contributed by atoms with van der Waals surface area (Å²) in [5, 5.41) is 3.57. The first-order valence-corrected chi connectivity index (χ1v) is 8.28. The predicted octanol–water partition coefficient (Wildman–Crippen LogP) is 3.04. The van der Waals surface area contributed by atoms with Crippen molar-refractivity contribution in [3.05, 3.63) is 35.4 Å². The third-order valence-electron chi connectivity index (χ3n) is 4.44. The van der Waals surface area contributed by atoms with Crippen LogP contribution in [0.25, 0.3) is 0 Å². The highest BCUT2D eigenvalue weighted by molar-refractivity contribution is 5.26. The van der Waals surface area contributed by atoms with Crippen molar-refractivity contribution < 1.29 is 4.74 Å². The van der Waals surface area contributed by atoms with Crippen LogP contribution in [0, 0.1) is 5.92 Å². The van der Waals surface area contributed by atoms with Gasteiger partial charge in [-0.15, -0.1) is 0 Å². The van der Waals surface area contributed by atoms with Gasteiger partial charge in [0, 0.05) is 13.7 Å². The third kappa shape index (κ3) is 5.77. The molecule has 0 aromatic heterocycles. The first-order valence-electron chi connectivity index (χ1n) is 8.28. The van der Waals surface area contributed by atoms with E-state index >= 15 is 0 Å². The fourth-order valence-corrected chi connectivity index (χ4v) is 2.96. The SMILES string of the molecule is COCc1ccccc1CNCCCN1CCC(C)CC1. The van der Waals surface area contributed by atoms with Gasteiger partial charge in [-0.05, 0) is 62.5 Å². The van der Waals surface area contributed by atoms with E-state index in [1.165, 1.54) is 50.0 Å². The maximum absolute atomic E-state index is 5.25. The molecule has 0 amide bonds. The molecule has 0 atom stereocenters. The van der Waals surface area contributed by atoms with Crippen molar-refractivity contribution >= 4 is 0 Å². The molecule has 0 bridgehead atoms. The quantitative estimate of drug-likeness (QED) is 0.745. The molecule has 2 rings (SSSR count). The van der Waals surface area contributed by atoms with Crippen LogP contribution in [0.5, 0.6) is 0 Å². The minimum Gasteiger partial charge on any atom is -0.380 e. The lowest BCUT2D eigenvalue weighted by Crippen LogP contribution is -2.34. The highest BCUT2D eigenvalue weighted by atomic mass is 16.5. The zero-order chi connectivity index (χ0) is 14.9. The third-order valence-corrected chi connectivity index (χ3v) is 4.44. The van der Waals surface area contributed by atoms with Crippen LogP contribution in [0.4, 0.5) is 0 Å². The lowest BCUT2D eigenvalue weighted by atomic mass is 9.99. The van der Waals surface area contributed by atoms with Crippen molar-refractivity contribution in [3.8, 4) is 0 Å². The molecule has 21 heavy (non-hydrogen) atoms. The summed E-state index contributed by atoms with van der Waals surface area (Å²) in [5.41, 5.74) is 2.64. The highest BCUT2D eigenvalue weighted by Crippen LogP contribution is 2.15. The molecule has 1 aliphatic rings. The van der Waals surface area contributed by atoms with Gasteiger partial charge in [-0.1, -0.05) is 31.2 Å². The molecular formula is C18H30N2O. The summed E-state index contributed by atoms with van der Waals surface area (Å²) in [6.45, 7) is 8.92. The molecular weight excluding hydrogens is 260 g/mol. The molecule has 1 aliphatic heterocycles. The van der Waals surface area contributed by atoms with E-state index in [1.54, 1.807) is 7.11 Å². The number of methoxy groups -OCH3 is 1. The van der Waals surface area contributed by atoms with Crippen LogP contribution >= 0.6 is 0 Å². The summed E-state index contributed by atoms with van der Waals surface area (Å²) in [5.74, 6) is 0.927. The molecule has 1 heterocycles. The van der Waals surface area contributed by atoms with E-state index < -0.39 is 0 Å². The van der Waals surface area contributed by atoms with Gasteiger partial charge in [0.1, 0.15) is 0 Å². The van der Waals surface area contributed by atoms with Crippen LogP contribution in [0.3, 0.4) is 0 Å². The number of piperidine rings is 1. The largest absolute Gasteiger partial charge is 0.380 e. The van der Waals surface area contributed by atoms with Crippen molar-refractivity contribution in [1.82, 2.24) is 10.2 Å². The van der Waals surface area contributed by atoms with Crippen LogP contribution in [0.1, 0.15) is 37.3 Å². The normalized spacial score (nSPS) is 17.2. The molecule has 1 aromatic rings. The molecule has 1 saturated heterocycles. The van der Waals surface area contributed by atoms with E-state index in [0.29, 0.717) is 6.61 Å². The van der Waals surface area contributed by atoms with E-state index in [-0.39, 0.29) is 0 Å². The molecule has 118 valence electrons. The Morgan fingerprint density at radius 2 is 1.90 bits per heavy atom. The zero-order valence-corrected chi connectivity index (χ0v) is 13.6. The molecule has 3 nitrogen and oxygen atoms in total. The van der Waals surface area contributed by atoms with Gasteiger partial charge < -0.3 is 15.0 Å². The number of likely N-dealkylation sites (tertiary alicyclic amines) is 1. The van der Waals surface area contributed by atoms with E-state index in [0.717, 1.165) is 19.0 Å². The predicted molar refractivity (Wildman–Crippen MR) is 88.3 cm³/mol. The van der Waals surface area contributed by atoms with Crippen molar-refractivity contribution in [3.63, 3.8) is 0 Å². The molecule has 0 aliphatic carbocycles. The summed E-state index contributed by atoms with van der Waals surface area (Å²) in [6.07, 6.45) is 3.98. The second-order valence-electron chi connectivity index (χ2n) is 6.26. The summed E-state index contributed by atoms with van der Waals surface area (Å²) < 4.78 is 5.25. The van der Waals surface area contributed by atoms with Gasteiger partial charge in [0.2, 0.25) is 0 Å². The van der Waals surface area contributed by atoms with Gasteiger partial charge in [-0.2, -0.15) is 0 Å². The van der Waals surface area contributed by atoms with E-state index in [9.17, 15) is 0 Å². The van der Waals surface area contributed by atoms with E-state index in [1.807, 2.05) is 0 Å². The minimum atomic E-state index is 0.698. The Kier molecular flexibility index (Phi) is 7.20. The fraction of sp³-hybridized carbons (Fsp3) is 0.667. The average molecular weight is 290 g/mol. The maximum atomic E-state index is 5.25. The Hall–Kier alpha value is -0.900. The average Bonchev–Trinajstić information content (AvgIpc) is 2.51. The van der Waals surface area contributed by atoms with Gasteiger partial charge >= 0.3 is 0 Å². The number of ether oxygens (including phenoxy) is 1. The van der Waals surface area contributed by atoms with Gasteiger partial charge in [-0.3, -0.25) is 0 Å². The second-order valence-corrected chi connectivity index (χ2v) is 6.26. The summed E-state index contributed by atoms with van der Waals surface area (Å²) >= 11 is 0. The number of nitrogens with zero attached hydrogens (tertiary/aromatic N) is 1. The van der Waals surface area contributed by atoms with Crippen LogP contribution in [0.15, 0.2) is 24.3 Å². The van der Waals surface area contributed by atoms with Crippen molar-refractivity contribution in [2.75, 3.05) is 33.3 Å². The first-order chi connectivity index (χ1) is 10.3. The highest BCUT2D eigenvalue weighted by Gasteiger charge is 2.14. The van der Waals surface area contributed by atoms with Gasteiger partial charge in [0.25, 0.3) is 0 Å². The van der Waals surface area contributed by atoms with Crippen molar-refractivity contribution in [2.45, 2.75) is 39.3 Å². The summed E-state index contributed by atoms with van der Waals surface area (Å²) in [4.78, 5) is 2.61. The monoisotopic (exact) mass is 290 g/mol. The summed E-state index contributed by atoms with van der Waals surface area (Å²) in [7, 11) is 1.75. The van der Waals surface area contributed by atoms with Gasteiger partial charge in [-0.25, -0.2) is 0 Å².